The molecular weight excluding hydrogens is 366 g/mol. The molecule has 1 atom stereocenters. The quantitative estimate of drug-likeness (QED) is 0.588. The summed E-state index contributed by atoms with van der Waals surface area (Å²) in [6.45, 7) is 1.27. The van der Waals surface area contributed by atoms with Gasteiger partial charge in [-0.2, -0.15) is 0 Å². The molecule has 1 amide bonds. The number of carbonyl (C=O) groups excluding carboxylic acids is 2. The molecule has 1 N–H and O–H groups in total. The monoisotopic (exact) mass is 389 g/mol. The molecule has 0 saturated heterocycles. The van der Waals surface area contributed by atoms with E-state index in [9.17, 15) is 9.59 Å². The lowest BCUT2D eigenvalue weighted by Gasteiger charge is -2.14. The van der Waals surface area contributed by atoms with Crippen molar-refractivity contribution in [3.05, 3.63) is 90.5 Å². The van der Waals surface area contributed by atoms with Gasteiger partial charge in [0.25, 0.3) is 5.91 Å². The summed E-state index contributed by atoms with van der Waals surface area (Å²) in [6.07, 6.45) is 0. The van der Waals surface area contributed by atoms with Gasteiger partial charge in [-0.25, -0.2) is 4.79 Å². The van der Waals surface area contributed by atoms with Crippen LogP contribution < -0.4 is 10.1 Å². The van der Waals surface area contributed by atoms with Crippen molar-refractivity contribution in [2.45, 2.75) is 13.0 Å². The van der Waals surface area contributed by atoms with Crippen molar-refractivity contribution < 1.29 is 19.1 Å². The van der Waals surface area contributed by atoms with Crippen LogP contribution in [0.1, 0.15) is 18.5 Å². The summed E-state index contributed by atoms with van der Waals surface area (Å²) in [5.41, 5.74) is 3.15. The zero-order valence-corrected chi connectivity index (χ0v) is 16.2. The molecule has 0 fully saturated rings. The van der Waals surface area contributed by atoms with Crippen LogP contribution in [-0.2, 0) is 14.3 Å². The van der Waals surface area contributed by atoms with Crippen molar-refractivity contribution in [1.82, 2.24) is 5.32 Å². The third kappa shape index (κ3) is 6.21. The molecule has 0 radical (unpaired) electrons. The minimum atomic E-state index is -0.598. The van der Waals surface area contributed by atoms with E-state index in [-0.39, 0.29) is 25.2 Å². The number of amides is 1. The van der Waals surface area contributed by atoms with Gasteiger partial charge in [-0.3, -0.25) is 4.79 Å². The predicted molar refractivity (Wildman–Crippen MR) is 111 cm³/mol. The van der Waals surface area contributed by atoms with Crippen molar-refractivity contribution in [3.8, 4) is 16.9 Å². The van der Waals surface area contributed by atoms with Gasteiger partial charge in [-0.05, 0) is 35.7 Å². The van der Waals surface area contributed by atoms with E-state index >= 15 is 0 Å². The van der Waals surface area contributed by atoms with E-state index in [2.05, 4.69) is 5.32 Å². The Hall–Kier alpha value is -3.60. The van der Waals surface area contributed by atoms with Crippen molar-refractivity contribution in [3.63, 3.8) is 0 Å². The molecule has 0 heterocycles. The van der Waals surface area contributed by atoms with Crippen molar-refractivity contribution in [2.75, 3.05) is 13.2 Å². The minimum absolute atomic E-state index is 0.165. The van der Waals surface area contributed by atoms with Gasteiger partial charge in [0, 0.05) is 0 Å². The Morgan fingerprint density at radius 3 is 2.03 bits per heavy atom. The van der Waals surface area contributed by atoms with Gasteiger partial charge in [-0.1, -0.05) is 72.8 Å². The van der Waals surface area contributed by atoms with Crippen LogP contribution in [0.5, 0.6) is 5.75 Å². The highest BCUT2D eigenvalue weighted by atomic mass is 16.6. The lowest BCUT2D eigenvalue weighted by Crippen LogP contribution is -2.31. The summed E-state index contributed by atoms with van der Waals surface area (Å²) in [5, 5.41) is 2.79. The molecule has 0 aliphatic carbocycles. The average molecular weight is 389 g/mol. The number of hydrogen-bond acceptors (Lipinski definition) is 4. The van der Waals surface area contributed by atoms with Crippen LogP contribution in [0.3, 0.4) is 0 Å². The van der Waals surface area contributed by atoms with Gasteiger partial charge in [-0.15, -0.1) is 0 Å². The number of hydrogen-bond donors (Lipinski definition) is 1. The number of nitrogens with one attached hydrogen (secondary N) is 1. The fourth-order valence-corrected chi connectivity index (χ4v) is 2.81. The highest BCUT2D eigenvalue weighted by Gasteiger charge is 2.12. The maximum Gasteiger partial charge on any atom is 0.344 e. The fourth-order valence-electron chi connectivity index (χ4n) is 2.81. The van der Waals surface area contributed by atoms with E-state index in [1.807, 2.05) is 79.7 Å². The summed E-state index contributed by atoms with van der Waals surface area (Å²) in [5.74, 6) is -0.398. The molecule has 148 valence electrons. The predicted octanol–water partition coefficient (Wildman–Crippen LogP) is 4.15. The van der Waals surface area contributed by atoms with E-state index in [1.54, 1.807) is 12.1 Å². The normalized spacial score (nSPS) is 11.3. The minimum Gasteiger partial charge on any atom is -0.482 e. The molecule has 0 aliphatic heterocycles. The van der Waals surface area contributed by atoms with Gasteiger partial charge in [0.1, 0.15) is 5.75 Å². The molecule has 3 rings (SSSR count). The highest BCUT2D eigenvalue weighted by Crippen LogP contribution is 2.22. The van der Waals surface area contributed by atoms with Crippen LogP contribution in [0, 0.1) is 0 Å². The van der Waals surface area contributed by atoms with Gasteiger partial charge in [0.15, 0.2) is 13.2 Å². The maximum absolute atomic E-state index is 11.9. The molecule has 3 aromatic carbocycles. The third-order valence-corrected chi connectivity index (χ3v) is 4.36. The molecule has 0 aliphatic rings. The summed E-state index contributed by atoms with van der Waals surface area (Å²) in [4.78, 5) is 23.8. The van der Waals surface area contributed by atoms with Crippen LogP contribution in [0.4, 0.5) is 0 Å². The standard InChI is InChI=1S/C24H23NO4/c1-18(19-8-4-2-5-9-19)25-23(26)16-29-24(27)17-28-22-14-12-21(13-15-22)20-10-6-3-7-11-20/h2-15,18H,16-17H2,1H3,(H,25,26)/t18-/m0/s1. The second kappa shape index (κ2) is 10.1. The third-order valence-electron chi connectivity index (χ3n) is 4.36. The maximum atomic E-state index is 11.9. The Kier molecular flexibility index (Phi) is 7.00. The summed E-state index contributed by atoms with van der Waals surface area (Å²) in [7, 11) is 0. The first-order valence-corrected chi connectivity index (χ1v) is 9.40. The second-order valence-corrected chi connectivity index (χ2v) is 6.54. The largest absolute Gasteiger partial charge is 0.482 e. The lowest BCUT2D eigenvalue weighted by atomic mass is 10.1. The molecule has 5 nitrogen and oxygen atoms in total. The molecular formula is C24H23NO4. The van der Waals surface area contributed by atoms with E-state index in [1.165, 1.54) is 0 Å². The number of rotatable bonds is 8. The van der Waals surface area contributed by atoms with E-state index < -0.39 is 5.97 Å². The zero-order valence-electron chi connectivity index (χ0n) is 16.2. The summed E-state index contributed by atoms with van der Waals surface area (Å²) in [6, 6.07) is 26.8. The van der Waals surface area contributed by atoms with E-state index in [0.717, 1.165) is 16.7 Å². The number of benzene rings is 3. The fraction of sp³-hybridized carbons (Fsp3) is 0.167. The van der Waals surface area contributed by atoms with Gasteiger partial charge in [0.2, 0.25) is 0 Å². The van der Waals surface area contributed by atoms with Crippen LogP contribution in [0.2, 0.25) is 0 Å². The average Bonchev–Trinajstić information content (AvgIpc) is 2.78. The molecule has 0 bridgehead atoms. The van der Waals surface area contributed by atoms with Crippen LogP contribution in [-0.4, -0.2) is 25.1 Å². The Balaban J connectivity index is 1.40. The molecule has 29 heavy (non-hydrogen) atoms. The molecule has 0 unspecified atom stereocenters. The molecule has 0 spiro atoms. The van der Waals surface area contributed by atoms with Gasteiger partial charge < -0.3 is 14.8 Å². The lowest BCUT2D eigenvalue weighted by molar-refractivity contribution is -0.150. The second-order valence-electron chi connectivity index (χ2n) is 6.54. The summed E-state index contributed by atoms with van der Waals surface area (Å²) >= 11 is 0. The first-order chi connectivity index (χ1) is 14.1. The van der Waals surface area contributed by atoms with E-state index in [0.29, 0.717) is 5.75 Å². The SMILES string of the molecule is C[C@H](NC(=O)COC(=O)COc1ccc(-c2ccccc2)cc1)c1ccccc1. The number of esters is 1. The first-order valence-electron chi connectivity index (χ1n) is 9.40. The molecule has 0 aromatic heterocycles. The Morgan fingerprint density at radius 2 is 1.38 bits per heavy atom. The highest BCUT2D eigenvalue weighted by molar-refractivity contribution is 5.81. The molecule has 0 saturated carbocycles. The van der Waals surface area contributed by atoms with Crippen LogP contribution in [0.25, 0.3) is 11.1 Å². The smallest absolute Gasteiger partial charge is 0.344 e. The summed E-state index contributed by atoms with van der Waals surface area (Å²) < 4.78 is 10.4. The van der Waals surface area contributed by atoms with Crippen molar-refractivity contribution >= 4 is 11.9 Å². The Labute approximate surface area is 170 Å². The van der Waals surface area contributed by atoms with Crippen molar-refractivity contribution in [1.29, 1.82) is 0 Å². The Morgan fingerprint density at radius 1 is 0.793 bits per heavy atom. The Bertz CT molecular complexity index is 924. The topological polar surface area (TPSA) is 64.6 Å². The van der Waals surface area contributed by atoms with Gasteiger partial charge >= 0.3 is 5.97 Å². The zero-order chi connectivity index (χ0) is 20.5. The van der Waals surface area contributed by atoms with E-state index in [4.69, 9.17) is 9.47 Å². The van der Waals surface area contributed by atoms with Crippen LogP contribution >= 0.6 is 0 Å². The molecule has 3 aromatic rings. The number of carbonyl (C=O) groups is 2. The van der Waals surface area contributed by atoms with Gasteiger partial charge in [0.05, 0.1) is 6.04 Å². The van der Waals surface area contributed by atoms with Crippen LogP contribution in [0.15, 0.2) is 84.9 Å². The molecule has 5 heteroatoms. The first kappa shape index (κ1) is 20.1. The number of ether oxygens (including phenoxy) is 2. The van der Waals surface area contributed by atoms with Crippen molar-refractivity contribution in [2.24, 2.45) is 0 Å².